The molecule has 0 amide bonds. The number of carbonyl (C=O) groups excluding carboxylic acids is 3. The van der Waals surface area contributed by atoms with Gasteiger partial charge in [-0.05, 0) is 83.5 Å². The third-order valence-electron chi connectivity index (χ3n) is 9.76. The summed E-state index contributed by atoms with van der Waals surface area (Å²) in [7, 11) is 0. The number of ether oxygens (including phenoxy) is 3. The second-order valence-electron chi connectivity index (χ2n) is 15.3. The Labute approximate surface area is 345 Å². The predicted octanol–water partition coefficient (Wildman–Crippen LogP) is 14.9. The van der Waals surface area contributed by atoms with Crippen molar-refractivity contribution in [1.82, 2.24) is 0 Å². The zero-order valence-corrected chi connectivity index (χ0v) is 36.6. The second kappa shape index (κ2) is 44.8. The fourth-order valence-electron chi connectivity index (χ4n) is 6.25. The topological polar surface area (TPSA) is 78.9 Å². The minimum Gasteiger partial charge on any atom is -0.462 e. The molecule has 0 saturated heterocycles. The Kier molecular flexibility index (Phi) is 42.5. The number of allylic oxidation sites excluding steroid dienone is 10. The molecular weight excluding hydrogens is 697 g/mol. The van der Waals surface area contributed by atoms with Crippen molar-refractivity contribution in [3.05, 3.63) is 60.8 Å². The van der Waals surface area contributed by atoms with Crippen molar-refractivity contribution in [2.45, 2.75) is 226 Å². The molecule has 0 N–H and O–H groups in total. The van der Waals surface area contributed by atoms with Gasteiger partial charge in [0, 0.05) is 19.3 Å². The normalized spacial score (nSPS) is 12.6. The summed E-state index contributed by atoms with van der Waals surface area (Å²) in [5.41, 5.74) is 0. The van der Waals surface area contributed by atoms with Crippen LogP contribution in [0.2, 0.25) is 0 Å². The highest BCUT2D eigenvalue weighted by Crippen LogP contribution is 2.13. The van der Waals surface area contributed by atoms with E-state index in [9.17, 15) is 14.4 Å². The highest BCUT2D eigenvalue weighted by atomic mass is 16.6. The number of esters is 3. The van der Waals surface area contributed by atoms with Gasteiger partial charge in [0.05, 0.1) is 0 Å². The van der Waals surface area contributed by atoms with E-state index in [-0.39, 0.29) is 31.1 Å². The van der Waals surface area contributed by atoms with Crippen LogP contribution in [0.1, 0.15) is 220 Å². The SMILES string of the molecule is CC/C=C\C/C=C\C/C=C\CCCCCCCC(=O)OCC(COC(=O)CCCCCCCCCC)OC(=O)CCCCCCC/C=C\C/C=C\CCCCC. The summed E-state index contributed by atoms with van der Waals surface area (Å²) in [5, 5.41) is 0. The zero-order chi connectivity index (χ0) is 40.8. The van der Waals surface area contributed by atoms with Crippen molar-refractivity contribution in [2.24, 2.45) is 0 Å². The van der Waals surface area contributed by atoms with Gasteiger partial charge >= 0.3 is 17.9 Å². The van der Waals surface area contributed by atoms with Gasteiger partial charge in [-0.2, -0.15) is 0 Å². The van der Waals surface area contributed by atoms with E-state index in [2.05, 4.69) is 81.5 Å². The van der Waals surface area contributed by atoms with E-state index in [0.29, 0.717) is 19.3 Å². The van der Waals surface area contributed by atoms with Crippen LogP contribution in [0.15, 0.2) is 60.8 Å². The number of hydrogen-bond acceptors (Lipinski definition) is 6. The predicted molar refractivity (Wildman–Crippen MR) is 238 cm³/mol. The maximum atomic E-state index is 12.7. The van der Waals surface area contributed by atoms with Crippen molar-refractivity contribution >= 4 is 17.9 Å². The van der Waals surface area contributed by atoms with Crippen molar-refractivity contribution in [3.8, 4) is 0 Å². The van der Waals surface area contributed by atoms with Crippen LogP contribution in [0.3, 0.4) is 0 Å². The molecule has 6 nitrogen and oxygen atoms in total. The second-order valence-corrected chi connectivity index (χ2v) is 15.3. The number of unbranched alkanes of at least 4 members (excludes halogenated alkanes) is 20. The van der Waals surface area contributed by atoms with Crippen LogP contribution in [0, 0.1) is 0 Å². The molecule has 0 aliphatic heterocycles. The van der Waals surface area contributed by atoms with Crippen LogP contribution >= 0.6 is 0 Å². The molecule has 0 saturated carbocycles. The largest absolute Gasteiger partial charge is 0.462 e. The number of hydrogen-bond donors (Lipinski definition) is 0. The molecule has 0 aliphatic carbocycles. The molecule has 56 heavy (non-hydrogen) atoms. The van der Waals surface area contributed by atoms with Gasteiger partial charge in [-0.3, -0.25) is 14.4 Å². The summed E-state index contributed by atoms with van der Waals surface area (Å²) in [6, 6.07) is 0. The summed E-state index contributed by atoms with van der Waals surface area (Å²) in [4.78, 5) is 37.7. The Hall–Kier alpha value is -2.89. The third kappa shape index (κ3) is 42.3. The average Bonchev–Trinajstić information content (AvgIpc) is 3.19. The molecule has 0 rings (SSSR count). The van der Waals surface area contributed by atoms with Crippen molar-refractivity contribution in [3.63, 3.8) is 0 Å². The first-order chi connectivity index (χ1) is 27.5. The van der Waals surface area contributed by atoms with E-state index < -0.39 is 6.10 Å². The van der Waals surface area contributed by atoms with Gasteiger partial charge in [0.1, 0.15) is 13.2 Å². The molecule has 0 aromatic heterocycles. The molecule has 0 aromatic rings. The van der Waals surface area contributed by atoms with Crippen molar-refractivity contribution in [2.75, 3.05) is 13.2 Å². The van der Waals surface area contributed by atoms with Gasteiger partial charge in [0.25, 0.3) is 0 Å². The van der Waals surface area contributed by atoms with Gasteiger partial charge in [0.2, 0.25) is 0 Å². The standard InChI is InChI=1S/C50H86O6/c1-4-7-10-13-16-19-21-23-25-27-29-31-34-37-40-43-49(52)55-46-47(45-54-48(51)42-39-36-33-18-15-12-9-6-3)56-50(53)44-41-38-35-32-30-28-26-24-22-20-17-14-11-8-5-2/h7,10,16-17,19-20,23-26,47H,4-6,8-9,11-15,18,21-22,27-46H2,1-3H3/b10-7-,19-16-,20-17-,25-23-,26-24-. The van der Waals surface area contributed by atoms with Gasteiger partial charge < -0.3 is 14.2 Å². The minimum atomic E-state index is -0.784. The minimum absolute atomic E-state index is 0.0852. The first-order valence-corrected chi connectivity index (χ1v) is 23.3. The first kappa shape index (κ1) is 53.1. The van der Waals surface area contributed by atoms with Gasteiger partial charge in [-0.25, -0.2) is 0 Å². The molecule has 0 aliphatic rings. The van der Waals surface area contributed by atoms with Crippen LogP contribution < -0.4 is 0 Å². The molecule has 6 heteroatoms. The summed E-state index contributed by atoms with van der Waals surface area (Å²) >= 11 is 0. The van der Waals surface area contributed by atoms with E-state index in [1.54, 1.807) is 0 Å². The molecule has 0 aromatic carbocycles. The Balaban J connectivity index is 4.39. The van der Waals surface area contributed by atoms with Gasteiger partial charge in [0.15, 0.2) is 6.10 Å². The van der Waals surface area contributed by atoms with Gasteiger partial charge in [-0.1, -0.05) is 178 Å². The summed E-state index contributed by atoms with van der Waals surface area (Å²) in [6.07, 6.45) is 53.5. The lowest BCUT2D eigenvalue weighted by atomic mass is 10.1. The summed E-state index contributed by atoms with van der Waals surface area (Å²) in [5.74, 6) is -0.923. The average molecular weight is 783 g/mol. The maximum Gasteiger partial charge on any atom is 0.306 e. The highest BCUT2D eigenvalue weighted by molar-refractivity contribution is 5.71. The van der Waals surface area contributed by atoms with E-state index >= 15 is 0 Å². The van der Waals surface area contributed by atoms with Crippen molar-refractivity contribution in [1.29, 1.82) is 0 Å². The molecule has 1 unspecified atom stereocenters. The van der Waals surface area contributed by atoms with E-state index in [1.807, 2.05) is 0 Å². The number of rotatable bonds is 41. The van der Waals surface area contributed by atoms with Gasteiger partial charge in [-0.15, -0.1) is 0 Å². The Morgan fingerprint density at radius 3 is 1.12 bits per heavy atom. The maximum absolute atomic E-state index is 12.7. The summed E-state index contributed by atoms with van der Waals surface area (Å²) in [6.45, 7) is 6.43. The molecule has 0 fully saturated rings. The lowest BCUT2D eigenvalue weighted by molar-refractivity contribution is -0.167. The van der Waals surface area contributed by atoms with Crippen molar-refractivity contribution < 1.29 is 28.6 Å². The van der Waals surface area contributed by atoms with Crippen LogP contribution in [0.25, 0.3) is 0 Å². The molecular formula is C50H86O6. The Bertz CT molecular complexity index is 1040. The van der Waals surface area contributed by atoms with Crippen LogP contribution in [-0.2, 0) is 28.6 Å². The van der Waals surface area contributed by atoms with Crippen LogP contribution in [0.4, 0.5) is 0 Å². The van der Waals surface area contributed by atoms with Crippen LogP contribution in [-0.4, -0.2) is 37.2 Å². The smallest absolute Gasteiger partial charge is 0.306 e. The fraction of sp³-hybridized carbons (Fsp3) is 0.740. The lowest BCUT2D eigenvalue weighted by Gasteiger charge is -2.18. The Morgan fingerprint density at radius 1 is 0.375 bits per heavy atom. The molecule has 0 heterocycles. The monoisotopic (exact) mass is 783 g/mol. The first-order valence-electron chi connectivity index (χ1n) is 23.3. The lowest BCUT2D eigenvalue weighted by Crippen LogP contribution is -2.30. The van der Waals surface area contributed by atoms with E-state index in [4.69, 9.17) is 14.2 Å². The van der Waals surface area contributed by atoms with E-state index in [1.165, 1.54) is 57.8 Å². The van der Waals surface area contributed by atoms with E-state index in [0.717, 1.165) is 122 Å². The highest BCUT2D eigenvalue weighted by Gasteiger charge is 2.19. The molecule has 0 spiro atoms. The fourth-order valence-corrected chi connectivity index (χ4v) is 6.25. The third-order valence-corrected chi connectivity index (χ3v) is 9.76. The zero-order valence-electron chi connectivity index (χ0n) is 36.6. The number of carbonyl (C=O) groups is 3. The molecule has 0 radical (unpaired) electrons. The van der Waals surface area contributed by atoms with Crippen LogP contribution in [0.5, 0.6) is 0 Å². The quantitative estimate of drug-likeness (QED) is 0.0266. The molecule has 1 atom stereocenters. The summed E-state index contributed by atoms with van der Waals surface area (Å²) < 4.78 is 16.7. The Morgan fingerprint density at radius 2 is 0.696 bits per heavy atom. The molecule has 322 valence electrons. The molecule has 0 bridgehead atoms.